The smallest absolute Gasteiger partial charge is 0.333 e. The fourth-order valence-electron chi connectivity index (χ4n) is 1.13. The molecule has 0 unspecified atom stereocenters. The summed E-state index contributed by atoms with van der Waals surface area (Å²) in [7, 11) is 2.54. The summed E-state index contributed by atoms with van der Waals surface area (Å²) in [6.07, 6.45) is 0.905. The van der Waals surface area contributed by atoms with Crippen LogP contribution in [0.15, 0.2) is 14.7 Å². The Hall–Kier alpha value is -2.58. The summed E-state index contributed by atoms with van der Waals surface area (Å²) < 4.78 is 1.67. The summed E-state index contributed by atoms with van der Waals surface area (Å²) in [6.45, 7) is 0. The van der Waals surface area contributed by atoms with Gasteiger partial charge in [-0.2, -0.15) is 5.10 Å². The third-order valence-corrected chi connectivity index (χ3v) is 2.04. The Balaban J connectivity index is 3.35. The largest absolute Gasteiger partial charge is 0.494 e. The van der Waals surface area contributed by atoms with Crippen LogP contribution in [0, 0.1) is 0 Å². The van der Waals surface area contributed by atoms with Gasteiger partial charge in [-0.25, -0.2) is 15.0 Å². The molecular weight excluding hydrogens is 230 g/mol. The minimum Gasteiger partial charge on any atom is -0.494 e. The van der Waals surface area contributed by atoms with Gasteiger partial charge in [0.1, 0.15) is 5.56 Å². The fourth-order valence-corrected chi connectivity index (χ4v) is 1.13. The van der Waals surface area contributed by atoms with E-state index in [2.05, 4.69) is 5.10 Å². The van der Waals surface area contributed by atoms with E-state index in [9.17, 15) is 19.5 Å². The first-order valence-corrected chi connectivity index (χ1v) is 4.43. The number of carbonyl (C=O) groups excluding carboxylic acids is 1. The van der Waals surface area contributed by atoms with Gasteiger partial charge in [0, 0.05) is 14.1 Å². The number of amides is 2. The second-order valence-corrected chi connectivity index (χ2v) is 3.18. The molecule has 92 valence electrons. The van der Waals surface area contributed by atoms with Crippen molar-refractivity contribution in [2.45, 2.75) is 0 Å². The summed E-state index contributed by atoms with van der Waals surface area (Å²) in [5, 5.41) is 12.9. The van der Waals surface area contributed by atoms with E-state index in [1.54, 1.807) is 0 Å². The van der Waals surface area contributed by atoms with Gasteiger partial charge >= 0.3 is 11.7 Å². The summed E-state index contributed by atoms with van der Waals surface area (Å²) in [5.74, 6) is -0.548. The molecule has 0 saturated heterocycles. The van der Waals surface area contributed by atoms with Gasteiger partial charge in [0.25, 0.3) is 5.56 Å². The minimum absolute atomic E-state index is 0.233. The fraction of sp³-hybridized carbons (Fsp3) is 0.250. The first-order valence-electron chi connectivity index (χ1n) is 4.43. The van der Waals surface area contributed by atoms with Crippen molar-refractivity contribution in [2.75, 3.05) is 0 Å². The van der Waals surface area contributed by atoms with Gasteiger partial charge in [-0.15, -0.1) is 0 Å². The summed E-state index contributed by atoms with van der Waals surface area (Å²) in [4.78, 5) is 33.3. The molecular formula is C8H11N5O4. The molecule has 1 rings (SSSR count). The quantitative estimate of drug-likeness (QED) is 0.400. The normalized spacial score (nSPS) is 10.7. The van der Waals surface area contributed by atoms with Crippen molar-refractivity contribution in [1.29, 1.82) is 0 Å². The number of nitrogens with two attached hydrogens (primary N) is 1. The summed E-state index contributed by atoms with van der Waals surface area (Å²) >= 11 is 0. The molecule has 0 aromatic carbocycles. The molecule has 0 aliphatic rings. The van der Waals surface area contributed by atoms with Crippen LogP contribution in [0.5, 0.6) is 5.88 Å². The zero-order valence-electron chi connectivity index (χ0n) is 9.17. The number of urea groups is 1. The molecule has 4 N–H and O–H groups in total. The SMILES string of the molecule is Cn1c(O)c(C=NNC(N)=O)c(=O)n(C)c1=O. The molecule has 17 heavy (non-hydrogen) atoms. The Morgan fingerprint density at radius 3 is 2.53 bits per heavy atom. The molecule has 9 heteroatoms. The van der Waals surface area contributed by atoms with E-state index in [1.165, 1.54) is 14.1 Å². The third-order valence-electron chi connectivity index (χ3n) is 2.04. The number of carbonyl (C=O) groups is 1. The summed E-state index contributed by atoms with van der Waals surface area (Å²) in [5.41, 5.74) is 4.97. The van der Waals surface area contributed by atoms with Crippen molar-refractivity contribution in [3.63, 3.8) is 0 Å². The molecule has 1 aromatic heterocycles. The number of aromatic nitrogens is 2. The number of nitrogens with one attached hydrogen (secondary N) is 1. The standard InChI is InChI=1S/C8H11N5O4/c1-12-5(14)4(3-10-11-7(9)16)6(15)13(2)8(12)17/h3,14H,1-2H3,(H3,9,11,16). The molecule has 1 aromatic rings. The lowest BCUT2D eigenvalue weighted by Gasteiger charge is -2.06. The minimum atomic E-state index is -0.914. The highest BCUT2D eigenvalue weighted by Gasteiger charge is 2.12. The average molecular weight is 241 g/mol. The Morgan fingerprint density at radius 1 is 1.41 bits per heavy atom. The Bertz CT molecular complexity index is 597. The van der Waals surface area contributed by atoms with E-state index >= 15 is 0 Å². The second kappa shape index (κ2) is 4.51. The third kappa shape index (κ3) is 2.33. The van der Waals surface area contributed by atoms with Gasteiger partial charge in [0.15, 0.2) is 0 Å². The zero-order chi connectivity index (χ0) is 13.2. The van der Waals surface area contributed by atoms with Crippen molar-refractivity contribution in [3.8, 4) is 5.88 Å². The maximum atomic E-state index is 11.6. The Labute approximate surface area is 94.8 Å². The molecule has 0 bridgehead atoms. The highest BCUT2D eigenvalue weighted by Crippen LogP contribution is 2.05. The molecule has 0 aliphatic carbocycles. The van der Waals surface area contributed by atoms with Crippen molar-refractivity contribution in [2.24, 2.45) is 24.9 Å². The number of hydrogen-bond acceptors (Lipinski definition) is 5. The van der Waals surface area contributed by atoms with Crippen LogP contribution < -0.4 is 22.4 Å². The molecule has 1 heterocycles. The molecule has 0 aliphatic heterocycles. The monoisotopic (exact) mass is 241 g/mol. The van der Waals surface area contributed by atoms with E-state index in [-0.39, 0.29) is 5.56 Å². The molecule has 0 saturated carbocycles. The lowest BCUT2D eigenvalue weighted by atomic mass is 10.3. The number of hydrazone groups is 1. The molecule has 2 amide bonds. The van der Waals surface area contributed by atoms with Gasteiger partial charge < -0.3 is 10.8 Å². The van der Waals surface area contributed by atoms with Crippen molar-refractivity contribution < 1.29 is 9.90 Å². The first kappa shape index (κ1) is 12.5. The molecule has 0 atom stereocenters. The van der Waals surface area contributed by atoms with E-state index in [1.807, 2.05) is 5.43 Å². The zero-order valence-corrected chi connectivity index (χ0v) is 9.17. The highest BCUT2D eigenvalue weighted by atomic mass is 16.3. The van der Waals surface area contributed by atoms with Gasteiger partial charge in [-0.3, -0.25) is 13.9 Å². The van der Waals surface area contributed by atoms with Gasteiger partial charge in [0.2, 0.25) is 5.88 Å². The van der Waals surface area contributed by atoms with E-state index in [0.717, 1.165) is 15.3 Å². The molecule has 0 fully saturated rings. The maximum absolute atomic E-state index is 11.6. The number of aromatic hydroxyl groups is 1. The lowest BCUT2D eigenvalue weighted by molar-refractivity contribution is 0.249. The van der Waals surface area contributed by atoms with Gasteiger partial charge in [-0.1, -0.05) is 0 Å². The van der Waals surface area contributed by atoms with E-state index < -0.39 is 23.2 Å². The van der Waals surface area contributed by atoms with Crippen LogP contribution in [0.25, 0.3) is 0 Å². The lowest BCUT2D eigenvalue weighted by Crippen LogP contribution is -2.38. The van der Waals surface area contributed by atoms with Gasteiger partial charge in [-0.05, 0) is 0 Å². The van der Waals surface area contributed by atoms with Crippen LogP contribution >= 0.6 is 0 Å². The highest BCUT2D eigenvalue weighted by molar-refractivity contribution is 5.83. The van der Waals surface area contributed by atoms with Crippen LogP contribution in [-0.2, 0) is 14.1 Å². The first-order chi connectivity index (χ1) is 7.86. The predicted molar refractivity (Wildman–Crippen MR) is 58.9 cm³/mol. The van der Waals surface area contributed by atoms with E-state index in [4.69, 9.17) is 5.73 Å². The van der Waals surface area contributed by atoms with Gasteiger partial charge in [0.05, 0.1) is 6.21 Å². The Kier molecular flexibility index (Phi) is 3.31. The number of nitrogens with zero attached hydrogens (tertiary/aromatic N) is 3. The number of rotatable bonds is 2. The van der Waals surface area contributed by atoms with E-state index in [0.29, 0.717) is 0 Å². The van der Waals surface area contributed by atoms with Crippen molar-refractivity contribution in [3.05, 3.63) is 26.4 Å². The van der Waals surface area contributed by atoms with Crippen LogP contribution in [0.4, 0.5) is 4.79 Å². The molecule has 9 nitrogen and oxygen atoms in total. The van der Waals surface area contributed by atoms with Crippen LogP contribution in [0.1, 0.15) is 5.56 Å². The van der Waals surface area contributed by atoms with Crippen LogP contribution in [0.3, 0.4) is 0 Å². The Morgan fingerprint density at radius 2 is 2.00 bits per heavy atom. The summed E-state index contributed by atoms with van der Waals surface area (Å²) in [6, 6.07) is -0.914. The maximum Gasteiger partial charge on any atom is 0.333 e. The van der Waals surface area contributed by atoms with Crippen LogP contribution in [0.2, 0.25) is 0 Å². The number of hydrogen-bond donors (Lipinski definition) is 3. The van der Waals surface area contributed by atoms with Crippen LogP contribution in [-0.4, -0.2) is 26.5 Å². The predicted octanol–water partition coefficient (Wildman–Crippen LogP) is -2.21. The van der Waals surface area contributed by atoms with Crippen molar-refractivity contribution in [1.82, 2.24) is 14.6 Å². The average Bonchev–Trinajstić information content (AvgIpc) is 2.28. The topological polar surface area (TPSA) is 132 Å². The second-order valence-electron chi connectivity index (χ2n) is 3.18. The number of primary amides is 1. The molecule has 0 spiro atoms. The van der Waals surface area contributed by atoms with Crippen molar-refractivity contribution >= 4 is 12.2 Å². The molecule has 0 radical (unpaired) electrons.